The summed E-state index contributed by atoms with van der Waals surface area (Å²) >= 11 is 0. The van der Waals surface area contributed by atoms with Crippen LogP contribution in [0.1, 0.15) is 21.5 Å². The molecular weight excluding hydrogens is 274 g/mol. The van der Waals surface area contributed by atoms with Crippen LogP contribution in [0.2, 0.25) is 0 Å². The van der Waals surface area contributed by atoms with E-state index in [1.807, 2.05) is 0 Å². The van der Waals surface area contributed by atoms with Crippen molar-refractivity contribution in [1.29, 1.82) is 0 Å². The van der Waals surface area contributed by atoms with Gasteiger partial charge in [-0.15, -0.1) is 0 Å². The van der Waals surface area contributed by atoms with Gasteiger partial charge < -0.3 is 10.4 Å². The molecule has 0 unspecified atom stereocenters. The zero-order chi connectivity index (χ0) is 15.4. The lowest BCUT2D eigenvalue weighted by molar-refractivity contribution is -0.384. The van der Waals surface area contributed by atoms with E-state index in [0.717, 1.165) is 5.56 Å². The highest BCUT2D eigenvalue weighted by molar-refractivity contribution is 5.94. The Morgan fingerprint density at radius 1 is 1.33 bits per heavy atom. The zero-order valence-electron chi connectivity index (χ0n) is 11.2. The second-order valence-electron chi connectivity index (χ2n) is 4.43. The van der Waals surface area contributed by atoms with Gasteiger partial charge in [-0.1, -0.05) is 12.1 Å². The van der Waals surface area contributed by atoms with Gasteiger partial charge in [-0.25, -0.2) is 9.78 Å². The van der Waals surface area contributed by atoms with E-state index in [4.69, 9.17) is 0 Å². The summed E-state index contributed by atoms with van der Waals surface area (Å²) in [4.78, 5) is 25.3. The number of aromatic carboxylic acids is 1. The summed E-state index contributed by atoms with van der Waals surface area (Å²) in [5.41, 5.74) is 1.54. The third-order valence-corrected chi connectivity index (χ3v) is 2.98. The zero-order valence-corrected chi connectivity index (χ0v) is 11.2. The molecule has 1 aromatic heterocycles. The van der Waals surface area contributed by atoms with Crippen molar-refractivity contribution in [3.05, 3.63) is 63.3 Å². The Kier molecular flexibility index (Phi) is 4.13. The first-order chi connectivity index (χ1) is 9.99. The minimum absolute atomic E-state index is 0.0126. The molecule has 0 saturated carbocycles. The third-order valence-electron chi connectivity index (χ3n) is 2.98. The Hall–Kier alpha value is -2.96. The predicted octanol–water partition coefficient (Wildman–Crippen LogP) is 2.61. The van der Waals surface area contributed by atoms with Gasteiger partial charge in [-0.05, 0) is 24.1 Å². The van der Waals surface area contributed by atoms with E-state index in [1.165, 1.54) is 18.3 Å². The van der Waals surface area contributed by atoms with Gasteiger partial charge in [0.05, 0.1) is 4.92 Å². The molecule has 0 aliphatic heterocycles. The van der Waals surface area contributed by atoms with Crippen LogP contribution in [-0.2, 0) is 6.54 Å². The van der Waals surface area contributed by atoms with Crippen LogP contribution in [0.15, 0.2) is 36.5 Å². The van der Waals surface area contributed by atoms with Gasteiger partial charge in [0.15, 0.2) is 0 Å². The van der Waals surface area contributed by atoms with Gasteiger partial charge in [-0.3, -0.25) is 10.1 Å². The molecule has 0 bridgehead atoms. The first kappa shape index (κ1) is 14.4. The van der Waals surface area contributed by atoms with E-state index in [-0.39, 0.29) is 17.1 Å². The summed E-state index contributed by atoms with van der Waals surface area (Å²) in [5.74, 6) is -0.771. The maximum Gasteiger partial charge on any atom is 0.339 e. The number of nitro benzene ring substituents is 1. The quantitative estimate of drug-likeness (QED) is 0.646. The van der Waals surface area contributed by atoms with Crippen LogP contribution in [0.5, 0.6) is 0 Å². The van der Waals surface area contributed by atoms with Gasteiger partial charge in [0.2, 0.25) is 0 Å². The minimum Gasteiger partial charge on any atom is -0.478 e. The Bertz CT molecular complexity index is 683. The topological polar surface area (TPSA) is 105 Å². The number of nitrogens with zero attached hydrogens (tertiary/aromatic N) is 2. The number of non-ortho nitro benzene ring substituents is 1. The average molecular weight is 287 g/mol. The molecule has 0 spiro atoms. The first-order valence-electron chi connectivity index (χ1n) is 6.15. The van der Waals surface area contributed by atoms with Gasteiger partial charge in [-0.2, -0.15) is 0 Å². The Labute approximate surface area is 120 Å². The fourth-order valence-corrected chi connectivity index (χ4v) is 1.88. The van der Waals surface area contributed by atoms with Crippen LogP contribution in [0, 0.1) is 17.0 Å². The Morgan fingerprint density at radius 3 is 2.57 bits per heavy atom. The first-order valence-corrected chi connectivity index (χ1v) is 6.15. The van der Waals surface area contributed by atoms with Crippen molar-refractivity contribution in [2.24, 2.45) is 0 Å². The number of benzene rings is 1. The van der Waals surface area contributed by atoms with Crippen molar-refractivity contribution in [1.82, 2.24) is 4.98 Å². The molecule has 0 aliphatic carbocycles. The molecule has 2 rings (SSSR count). The lowest BCUT2D eigenvalue weighted by atomic mass is 10.1. The second kappa shape index (κ2) is 6.00. The number of nitrogens with one attached hydrogen (secondary N) is 1. The van der Waals surface area contributed by atoms with Crippen LogP contribution in [0.25, 0.3) is 0 Å². The molecule has 108 valence electrons. The molecule has 21 heavy (non-hydrogen) atoms. The molecule has 7 nitrogen and oxygen atoms in total. The number of hydrogen-bond acceptors (Lipinski definition) is 5. The maximum absolute atomic E-state index is 11.2. The molecule has 2 N–H and O–H groups in total. The van der Waals surface area contributed by atoms with E-state index in [2.05, 4.69) is 10.3 Å². The molecule has 1 aromatic carbocycles. The van der Waals surface area contributed by atoms with Gasteiger partial charge in [0.25, 0.3) is 5.69 Å². The van der Waals surface area contributed by atoms with Crippen LogP contribution in [0.4, 0.5) is 11.5 Å². The highest BCUT2D eigenvalue weighted by Crippen LogP contribution is 2.18. The summed E-state index contributed by atoms with van der Waals surface area (Å²) in [6.45, 7) is 2.02. The number of pyridine rings is 1. The van der Waals surface area contributed by atoms with E-state index in [0.29, 0.717) is 12.1 Å². The summed E-state index contributed by atoms with van der Waals surface area (Å²) in [6.07, 6.45) is 1.53. The molecule has 0 atom stereocenters. The highest BCUT2D eigenvalue weighted by Gasteiger charge is 2.14. The van der Waals surface area contributed by atoms with Crippen molar-refractivity contribution >= 4 is 17.5 Å². The van der Waals surface area contributed by atoms with Crippen LogP contribution in [-0.4, -0.2) is 21.0 Å². The fraction of sp³-hybridized carbons (Fsp3) is 0.143. The molecule has 0 saturated heterocycles. The molecule has 1 heterocycles. The number of aryl methyl sites for hydroxylation is 1. The van der Waals surface area contributed by atoms with Crippen LogP contribution in [0.3, 0.4) is 0 Å². The summed E-state index contributed by atoms with van der Waals surface area (Å²) in [6, 6.07) is 7.65. The number of carbonyl (C=O) groups is 1. The highest BCUT2D eigenvalue weighted by atomic mass is 16.6. The van der Waals surface area contributed by atoms with Crippen LogP contribution >= 0.6 is 0 Å². The normalized spacial score (nSPS) is 10.1. The lowest BCUT2D eigenvalue weighted by Crippen LogP contribution is -2.10. The molecule has 0 radical (unpaired) electrons. The minimum atomic E-state index is -1.05. The van der Waals surface area contributed by atoms with Gasteiger partial charge >= 0.3 is 5.97 Å². The molecule has 0 amide bonds. The Morgan fingerprint density at radius 2 is 2.00 bits per heavy atom. The van der Waals surface area contributed by atoms with Crippen molar-refractivity contribution in [2.45, 2.75) is 13.5 Å². The van der Waals surface area contributed by atoms with Gasteiger partial charge in [0.1, 0.15) is 11.4 Å². The number of rotatable bonds is 5. The van der Waals surface area contributed by atoms with Crippen molar-refractivity contribution in [3.8, 4) is 0 Å². The van der Waals surface area contributed by atoms with Gasteiger partial charge in [0, 0.05) is 24.9 Å². The number of carboxylic acid groups (broad SMARTS) is 1. The van der Waals surface area contributed by atoms with E-state index < -0.39 is 10.9 Å². The Balaban J connectivity index is 2.15. The summed E-state index contributed by atoms with van der Waals surface area (Å²) in [7, 11) is 0. The number of aromatic nitrogens is 1. The number of carboxylic acids is 1. The molecule has 2 aromatic rings. The largest absolute Gasteiger partial charge is 0.478 e. The smallest absolute Gasteiger partial charge is 0.339 e. The van der Waals surface area contributed by atoms with Crippen LogP contribution < -0.4 is 5.32 Å². The average Bonchev–Trinajstić information content (AvgIpc) is 2.45. The maximum atomic E-state index is 11.2. The number of anilines is 1. The third kappa shape index (κ3) is 3.33. The summed E-state index contributed by atoms with van der Waals surface area (Å²) < 4.78 is 0. The van der Waals surface area contributed by atoms with E-state index >= 15 is 0 Å². The summed E-state index contributed by atoms with van der Waals surface area (Å²) in [5, 5.41) is 22.7. The van der Waals surface area contributed by atoms with E-state index in [1.54, 1.807) is 25.1 Å². The molecule has 0 aliphatic rings. The standard InChI is InChI=1S/C14H13N3O4/c1-9-6-7-15-13(12(9)14(18)19)16-8-10-2-4-11(5-3-10)17(20)21/h2-7H,8H2,1H3,(H,15,16)(H,18,19). The molecule has 7 heteroatoms. The molecular formula is C14H13N3O4. The van der Waals surface area contributed by atoms with Crippen molar-refractivity contribution in [3.63, 3.8) is 0 Å². The lowest BCUT2D eigenvalue weighted by Gasteiger charge is -2.10. The second-order valence-corrected chi connectivity index (χ2v) is 4.43. The molecule has 0 fully saturated rings. The fourth-order valence-electron chi connectivity index (χ4n) is 1.88. The predicted molar refractivity (Wildman–Crippen MR) is 76.4 cm³/mol. The number of nitro groups is 1. The van der Waals surface area contributed by atoms with E-state index in [9.17, 15) is 20.0 Å². The van der Waals surface area contributed by atoms with Crippen molar-refractivity contribution < 1.29 is 14.8 Å². The van der Waals surface area contributed by atoms with Crippen molar-refractivity contribution in [2.75, 3.05) is 5.32 Å². The number of hydrogen-bond donors (Lipinski definition) is 2. The monoisotopic (exact) mass is 287 g/mol. The SMILES string of the molecule is Cc1ccnc(NCc2ccc([N+](=O)[O-])cc2)c1C(=O)O.